The lowest BCUT2D eigenvalue weighted by molar-refractivity contribution is -0.137. The number of methoxy groups -OCH3 is 1. The summed E-state index contributed by atoms with van der Waals surface area (Å²) in [5, 5.41) is 8.55. The van der Waals surface area contributed by atoms with Crippen molar-refractivity contribution in [1.82, 2.24) is 4.90 Å². The summed E-state index contributed by atoms with van der Waals surface area (Å²) in [5.74, 6) is -2.26. The summed E-state index contributed by atoms with van der Waals surface area (Å²) in [6, 6.07) is 3.61. The number of hydrogen-bond acceptors (Lipinski definition) is 3. The van der Waals surface area contributed by atoms with Crippen molar-refractivity contribution in [3.8, 4) is 5.75 Å². The third-order valence-electron chi connectivity index (χ3n) is 2.12. The van der Waals surface area contributed by atoms with Crippen LogP contribution in [0, 0.1) is 5.82 Å². The monoisotopic (exact) mass is 241 g/mol. The van der Waals surface area contributed by atoms with E-state index < -0.39 is 24.2 Å². The number of hydrogen-bond donors (Lipinski definition) is 1. The van der Waals surface area contributed by atoms with Gasteiger partial charge in [0.2, 0.25) is 0 Å². The number of carbonyl (C=O) groups is 2. The quantitative estimate of drug-likeness (QED) is 0.853. The minimum absolute atomic E-state index is 0.0559. The van der Waals surface area contributed by atoms with Crippen LogP contribution in [0.2, 0.25) is 0 Å². The Balaban J connectivity index is 2.92. The van der Waals surface area contributed by atoms with Crippen LogP contribution in [-0.2, 0) is 4.79 Å². The molecule has 0 aliphatic rings. The van der Waals surface area contributed by atoms with Gasteiger partial charge in [-0.25, -0.2) is 4.39 Å². The van der Waals surface area contributed by atoms with Crippen molar-refractivity contribution in [3.05, 3.63) is 29.6 Å². The Morgan fingerprint density at radius 1 is 1.47 bits per heavy atom. The Morgan fingerprint density at radius 3 is 2.65 bits per heavy atom. The Hall–Kier alpha value is -2.11. The molecule has 0 aliphatic heterocycles. The maximum absolute atomic E-state index is 13.1. The van der Waals surface area contributed by atoms with Crippen LogP contribution in [0.15, 0.2) is 18.2 Å². The van der Waals surface area contributed by atoms with Gasteiger partial charge in [-0.1, -0.05) is 0 Å². The first-order chi connectivity index (χ1) is 7.95. The molecule has 0 aromatic heterocycles. The number of benzene rings is 1. The number of aliphatic carboxylic acids is 1. The van der Waals surface area contributed by atoms with E-state index in [0.29, 0.717) is 0 Å². The highest BCUT2D eigenvalue weighted by molar-refractivity contribution is 5.96. The smallest absolute Gasteiger partial charge is 0.323 e. The first-order valence-corrected chi connectivity index (χ1v) is 4.76. The Bertz CT molecular complexity index is 447. The van der Waals surface area contributed by atoms with Crippen molar-refractivity contribution in [3.63, 3.8) is 0 Å². The zero-order valence-corrected chi connectivity index (χ0v) is 9.44. The summed E-state index contributed by atoms with van der Waals surface area (Å²) in [7, 11) is 2.64. The number of carbonyl (C=O) groups excluding carboxylic acids is 1. The molecule has 5 nitrogen and oxygen atoms in total. The largest absolute Gasteiger partial charge is 0.494 e. The van der Waals surface area contributed by atoms with Gasteiger partial charge >= 0.3 is 5.97 Å². The molecule has 0 bridgehead atoms. The van der Waals surface area contributed by atoms with Gasteiger partial charge in [-0.2, -0.15) is 0 Å². The average molecular weight is 241 g/mol. The van der Waals surface area contributed by atoms with Gasteiger partial charge in [-0.3, -0.25) is 9.59 Å². The fourth-order valence-electron chi connectivity index (χ4n) is 1.29. The van der Waals surface area contributed by atoms with Gasteiger partial charge in [-0.05, 0) is 18.2 Å². The molecule has 17 heavy (non-hydrogen) atoms. The van der Waals surface area contributed by atoms with Gasteiger partial charge in [0.25, 0.3) is 5.91 Å². The Kier molecular flexibility index (Phi) is 4.03. The molecule has 1 amide bonds. The first-order valence-electron chi connectivity index (χ1n) is 4.76. The molecule has 0 atom stereocenters. The van der Waals surface area contributed by atoms with Crippen LogP contribution in [-0.4, -0.2) is 42.6 Å². The minimum atomic E-state index is -1.12. The molecule has 1 aromatic carbocycles. The molecule has 6 heteroatoms. The molecule has 1 N–H and O–H groups in total. The SMILES string of the molecule is COc1cc(C(=O)N(C)CC(=O)O)ccc1F. The fraction of sp³-hybridized carbons (Fsp3) is 0.273. The number of carboxylic acids is 1. The summed E-state index contributed by atoms with van der Waals surface area (Å²) >= 11 is 0. The number of amides is 1. The van der Waals surface area contributed by atoms with E-state index in [0.717, 1.165) is 11.0 Å². The fourth-order valence-corrected chi connectivity index (χ4v) is 1.29. The van der Waals surface area contributed by atoms with Crippen molar-refractivity contribution in [2.45, 2.75) is 0 Å². The second-order valence-electron chi connectivity index (χ2n) is 3.40. The van der Waals surface area contributed by atoms with E-state index >= 15 is 0 Å². The maximum Gasteiger partial charge on any atom is 0.323 e. The third kappa shape index (κ3) is 3.17. The van der Waals surface area contributed by atoms with E-state index in [1.165, 1.54) is 26.3 Å². The molecular formula is C11H12FNO4. The maximum atomic E-state index is 13.1. The van der Waals surface area contributed by atoms with Crippen LogP contribution in [0.1, 0.15) is 10.4 Å². The van der Waals surface area contributed by atoms with E-state index in [4.69, 9.17) is 9.84 Å². The highest BCUT2D eigenvalue weighted by Crippen LogP contribution is 2.18. The van der Waals surface area contributed by atoms with Gasteiger partial charge in [-0.15, -0.1) is 0 Å². The number of rotatable bonds is 4. The summed E-state index contributed by atoms with van der Waals surface area (Å²) in [6.07, 6.45) is 0. The average Bonchev–Trinajstić information content (AvgIpc) is 2.27. The molecule has 0 radical (unpaired) electrons. The topological polar surface area (TPSA) is 66.8 Å². The second kappa shape index (κ2) is 5.29. The van der Waals surface area contributed by atoms with E-state index in [1.807, 2.05) is 0 Å². The molecule has 0 saturated heterocycles. The lowest BCUT2D eigenvalue weighted by atomic mass is 10.2. The van der Waals surface area contributed by atoms with Crippen LogP contribution in [0.5, 0.6) is 5.75 Å². The van der Waals surface area contributed by atoms with Crippen molar-refractivity contribution in [2.24, 2.45) is 0 Å². The molecule has 1 rings (SSSR count). The van der Waals surface area contributed by atoms with Crippen molar-refractivity contribution in [1.29, 1.82) is 0 Å². The van der Waals surface area contributed by atoms with E-state index in [2.05, 4.69) is 0 Å². The number of likely N-dealkylation sites (N-methyl/N-ethyl adjacent to an activating group) is 1. The minimum Gasteiger partial charge on any atom is -0.494 e. The van der Waals surface area contributed by atoms with Gasteiger partial charge in [0.1, 0.15) is 6.54 Å². The van der Waals surface area contributed by atoms with Gasteiger partial charge in [0.15, 0.2) is 11.6 Å². The lowest BCUT2D eigenvalue weighted by Gasteiger charge is -2.15. The van der Waals surface area contributed by atoms with E-state index in [1.54, 1.807) is 0 Å². The lowest BCUT2D eigenvalue weighted by Crippen LogP contribution is -2.31. The summed E-state index contributed by atoms with van der Waals surface area (Å²) in [4.78, 5) is 23.2. The van der Waals surface area contributed by atoms with E-state index in [-0.39, 0.29) is 11.3 Å². The Morgan fingerprint density at radius 2 is 2.12 bits per heavy atom. The van der Waals surface area contributed by atoms with Crippen molar-refractivity contribution in [2.75, 3.05) is 20.7 Å². The number of nitrogens with zero attached hydrogens (tertiary/aromatic N) is 1. The zero-order valence-electron chi connectivity index (χ0n) is 9.44. The summed E-state index contributed by atoms with van der Waals surface area (Å²) in [6.45, 7) is -0.418. The van der Waals surface area contributed by atoms with Crippen LogP contribution in [0.3, 0.4) is 0 Å². The molecule has 0 fully saturated rings. The van der Waals surface area contributed by atoms with Gasteiger partial charge in [0.05, 0.1) is 7.11 Å². The first kappa shape index (κ1) is 13.0. The van der Waals surface area contributed by atoms with Crippen LogP contribution >= 0.6 is 0 Å². The molecule has 0 unspecified atom stereocenters. The van der Waals surface area contributed by atoms with Gasteiger partial charge in [0, 0.05) is 12.6 Å². The highest BCUT2D eigenvalue weighted by atomic mass is 19.1. The van der Waals surface area contributed by atoms with Gasteiger partial charge < -0.3 is 14.7 Å². The van der Waals surface area contributed by atoms with Crippen molar-refractivity contribution >= 4 is 11.9 Å². The normalized spacial score (nSPS) is 9.82. The predicted octanol–water partition coefficient (Wildman–Crippen LogP) is 0.991. The molecule has 1 aromatic rings. The second-order valence-corrected chi connectivity index (χ2v) is 3.40. The van der Waals surface area contributed by atoms with Crippen molar-refractivity contribution < 1.29 is 23.8 Å². The standard InChI is InChI=1S/C11H12FNO4/c1-13(6-10(14)15)11(16)7-3-4-8(12)9(5-7)17-2/h3-5H,6H2,1-2H3,(H,14,15). The van der Waals surface area contributed by atoms with Crippen LogP contribution in [0.25, 0.3) is 0 Å². The highest BCUT2D eigenvalue weighted by Gasteiger charge is 2.16. The summed E-state index contributed by atoms with van der Waals surface area (Å²) in [5.41, 5.74) is 0.173. The zero-order chi connectivity index (χ0) is 13.0. The number of ether oxygens (including phenoxy) is 1. The Labute approximate surface area is 97.4 Å². The number of halogens is 1. The number of carboxylic acid groups (broad SMARTS) is 1. The van der Waals surface area contributed by atoms with Crippen LogP contribution < -0.4 is 4.74 Å². The molecular weight excluding hydrogens is 229 g/mol. The molecule has 92 valence electrons. The van der Waals surface area contributed by atoms with E-state index in [9.17, 15) is 14.0 Å². The predicted molar refractivity (Wildman–Crippen MR) is 57.5 cm³/mol. The molecule has 0 heterocycles. The molecule has 0 spiro atoms. The van der Waals surface area contributed by atoms with Crippen LogP contribution in [0.4, 0.5) is 4.39 Å². The third-order valence-corrected chi connectivity index (χ3v) is 2.12. The molecule has 0 aliphatic carbocycles. The molecule has 0 saturated carbocycles. The summed E-state index contributed by atoms with van der Waals surface area (Å²) < 4.78 is 17.8.